The largest absolute Gasteiger partial charge is 0.481 e. The quantitative estimate of drug-likeness (QED) is 0.788. The number of hydrogen-bond acceptors (Lipinski definition) is 3. The molecule has 2 aliphatic rings. The lowest BCUT2D eigenvalue weighted by Gasteiger charge is -2.24. The van der Waals surface area contributed by atoms with Crippen LogP contribution >= 0.6 is 11.8 Å². The van der Waals surface area contributed by atoms with Crippen molar-refractivity contribution in [2.24, 2.45) is 0 Å². The van der Waals surface area contributed by atoms with Crippen LogP contribution in [0.2, 0.25) is 0 Å². The predicted octanol–water partition coefficient (Wildman–Crippen LogP) is 2.94. The Morgan fingerprint density at radius 2 is 2.33 bits per heavy atom. The monoisotopic (exact) mass is 221 g/mol. The first-order chi connectivity index (χ1) is 7.43. The van der Waals surface area contributed by atoms with Crippen molar-refractivity contribution in [1.82, 2.24) is 5.32 Å². The van der Waals surface area contributed by atoms with Gasteiger partial charge in [-0.25, -0.2) is 0 Å². The summed E-state index contributed by atoms with van der Waals surface area (Å²) in [5, 5.41) is 3.56. The van der Waals surface area contributed by atoms with Gasteiger partial charge in [-0.15, -0.1) is 0 Å². The minimum absolute atomic E-state index is 0.540. The van der Waals surface area contributed by atoms with E-state index in [-0.39, 0.29) is 0 Å². The Morgan fingerprint density at radius 3 is 3.20 bits per heavy atom. The molecule has 0 amide bonds. The first kappa shape index (κ1) is 9.55. The fraction of sp³-hybridized carbons (Fsp3) is 0.500. The van der Waals surface area contributed by atoms with Crippen LogP contribution in [0.3, 0.4) is 0 Å². The summed E-state index contributed by atoms with van der Waals surface area (Å²) in [7, 11) is 0. The van der Waals surface area contributed by atoms with E-state index in [1.165, 1.54) is 29.7 Å². The second-order valence-electron chi connectivity index (χ2n) is 4.12. The average Bonchev–Trinajstić information content (AvgIpc) is 2.77. The molecule has 2 heterocycles. The minimum Gasteiger partial charge on any atom is -0.481 e. The molecule has 2 nitrogen and oxygen atoms in total. The normalized spacial score (nSPS) is 24.7. The number of nitrogens with one attached hydrogen (secondary N) is 1. The first-order valence-corrected chi connectivity index (χ1v) is 6.55. The average molecular weight is 221 g/mol. The number of benzene rings is 1. The first-order valence-electron chi connectivity index (χ1n) is 5.56. The van der Waals surface area contributed by atoms with Crippen molar-refractivity contribution in [3.8, 4) is 5.75 Å². The molecule has 1 unspecified atom stereocenters. The zero-order valence-corrected chi connectivity index (χ0v) is 9.48. The molecule has 1 atom stereocenters. The highest BCUT2D eigenvalue weighted by molar-refractivity contribution is 7.99. The van der Waals surface area contributed by atoms with E-state index in [2.05, 4.69) is 23.5 Å². The van der Waals surface area contributed by atoms with Gasteiger partial charge in [0, 0.05) is 6.04 Å². The van der Waals surface area contributed by atoms with Crippen LogP contribution in [0.25, 0.3) is 0 Å². The number of hydrogen-bond donors (Lipinski definition) is 1. The van der Waals surface area contributed by atoms with Gasteiger partial charge in [0.05, 0.1) is 4.90 Å². The zero-order chi connectivity index (χ0) is 10.1. The van der Waals surface area contributed by atoms with Gasteiger partial charge in [0.1, 0.15) is 11.7 Å². The van der Waals surface area contributed by atoms with Crippen LogP contribution in [-0.4, -0.2) is 12.5 Å². The Morgan fingerprint density at radius 1 is 1.33 bits per heavy atom. The lowest BCUT2D eigenvalue weighted by Crippen LogP contribution is -2.26. The van der Waals surface area contributed by atoms with Crippen molar-refractivity contribution >= 4 is 11.8 Å². The number of fused-ring (bicyclic) bond motifs is 1. The van der Waals surface area contributed by atoms with Crippen LogP contribution in [0.4, 0.5) is 0 Å². The molecule has 15 heavy (non-hydrogen) atoms. The molecule has 0 aliphatic carbocycles. The summed E-state index contributed by atoms with van der Waals surface area (Å²) in [6, 6.07) is 7.18. The smallest absolute Gasteiger partial charge is 0.138 e. The van der Waals surface area contributed by atoms with Crippen LogP contribution in [0.1, 0.15) is 30.9 Å². The van der Waals surface area contributed by atoms with E-state index in [4.69, 9.17) is 4.74 Å². The van der Waals surface area contributed by atoms with E-state index in [0.717, 1.165) is 18.2 Å². The molecule has 1 aromatic carbocycles. The maximum absolute atomic E-state index is 5.57. The SMILES string of the molecule is c1cc2c(cc1C1CCCCN1)OCS2. The van der Waals surface area contributed by atoms with Gasteiger partial charge in [0.25, 0.3) is 0 Å². The van der Waals surface area contributed by atoms with Gasteiger partial charge in [0.15, 0.2) is 0 Å². The van der Waals surface area contributed by atoms with Gasteiger partial charge in [-0.1, -0.05) is 24.2 Å². The van der Waals surface area contributed by atoms with Gasteiger partial charge >= 0.3 is 0 Å². The fourth-order valence-corrected chi connectivity index (χ4v) is 3.00. The van der Waals surface area contributed by atoms with Crippen molar-refractivity contribution in [3.63, 3.8) is 0 Å². The summed E-state index contributed by atoms with van der Waals surface area (Å²) in [6.45, 7) is 1.15. The van der Waals surface area contributed by atoms with E-state index in [1.807, 2.05) is 0 Å². The Labute approximate surface area is 94.4 Å². The Hall–Kier alpha value is -0.670. The molecule has 80 valence electrons. The summed E-state index contributed by atoms with van der Waals surface area (Å²) in [6.07, 6.45) is 3.91. The molecule has 1 saturated heterocycles. The third-order valence-electron chi connectivity index (χ3n) is 3.11. The van der Waals surface area contributed by atoms with Crippen LogP contribution < -0.4 is 10.1 Å². The van der Waals surface area contributed by atoms with Gasteiger partial charge in [-0.2, -0.15) is 0 Å². The number of rotatable bonds is 1. The second kappa shape index (κ2) is 4.06. The fourth-order valence-electron chi connectivity index (χ4n) is 2.27. The summed E-state index contributed by atoms with van der Waals surface area (Å²) in [5.41, 5.74) is 1.39. The van der Waals surface area contributed by atoms with E-state index < -0.39 is 0 Å². The highest BCUT2D eigenvalue weighted by Crippen LogP contribution is 2.38. The van der Waals surface area contributed by atoms with Crippen molar-refractivity contribution in [3.05, 3.63) is 23.8 Å². The number of thioether (sulfide) groups is 1. The molecule has 0 saturated carbocycles. The van der Waals surface area contributed by atoms with Crippen molar-refractivity contribution < 1.29 is 4.74 Å². The van der Waals surface area contributed by atoms with Crippen molar-refractivity contribution in [1.29, 1.82) is 0 Å². The van der Waals surface area contributed by atoms with Crippen LogP contribution in [-0.2, 0) is 0 Å². The lowest BCUT2D eigenvalue weighted by atomic mass is 9.97. The molecule has 3 heteroatoms. The van der Waals surface area contributed by atoms with E-state index in [1.54, 1.807) is 11.8 Å². The molecule has 2 aliphatic heterocycles. The molecule has 0 spiro atoms. The van der Waals surface area contributed by atoms with Gasteiger partial charge < -0.3 is 10.1 Å². The lowest BCUT2D eigenvalue weighted by molar-refractivity contribution is 0.389. The minimum atomic E-state index is 0.540. The second-order valence-corrected chi connectivity index (χ2v) is 5.08. The van der Waals surface area contributed by atoms with Gasteiger partial charge in [-0.05, 0) is 37.1 Å². The summed E-state index contributed by atoms with van der Waals surface area (Å²) < 4.78 is 5.57. The van der Waals surface area contributed by atoms with Crippen LogP contribution in [0.15, 0.2) is 23.1 Å². The highest BCUT2D eigenvalue weighted by atomic mass is 32.2. The van der Waals surface area contributed by atoms with Crippen LogP contribution in [0.5, 0.6) is 5.75 Å². The Bertz CT molecular complexity index is 361. The van der Waals surface area contributed by atoms with Gasteiger partial charge in [-0.3, -0.25) is 0 Å². The highest BCUT2D eigenvalue weighted by Gasteiger charge is 2.18. The van der Waals surface area contributed by atoms with E-state index >= 15 is 0 Å². The maximum Gasteiger partial charge on any atom is 0.138 e. The molecular formula is C12H15NOS. The van der Waals surface area contributed by atoms with Crippen molar-refractivity contribution in [2.75, 3.05) is 12.5 Å². The van der Waals surface area contributed by atoms with Gasteiger partial charge in [0.2, 0.25) is 0 Å². The molecule has 1 N–H and O–H groups in total. The Balaban J connectivity index is 1.85. The third-order valence-corrected chi connectivity index (χ3v) is 3.99. The summed E-state index contributed by atoms with van der Waals surface area (Å²) >= 11 is 1.78. The topological polar surface area (TPSA) is 21.3 Å². The molecule has 3 rings (SSSR count). The molecular weight excluding hydrogens is 206 g/mol. The number of piperidine rings is 1. The van der Waals surface area contributed by atoms with E-state index in [9.17, 15) is 0 Å². The van der Waals surface area contributed by atoms with Crippen LogP contribution in [0, 0.1) is 0 Å². The molecule has 1 fully saturated rings. The molecule has 0 bridgehead atoms. The Kier molecular flexibility index (Phi) is 2.59. The summed E-state index contributed by atoms with van der Waals surface area (Å²) in [5.74, 6) is 1.85. The number of ether oxygens (including phenoxy) is 1. The molecule has 0 aromatic heterocycles. The molecule has 1 aromatic rings. The maximum atomic E-state index is 5.57. The van der Waals surface area contributed by atoms with Crippen molar-refractivity contribution in [2.45, 2.75) is 30.2 Å². The zero-order valence-electron chi connectivity index (χ0n) is 8.66. The third kappa shape index (κ3) is 1.86. The summed E-state index contributed by atoms with van der Waals surface area (Å²) in [4.78, 5) is 1.29. The van der Waals surface area contributed by atoms with E-state index in [0.29, 0.717) is 6.04 Å². The standard InChI is InChI=1S/C12H15NOS/c1-2-6-13-10(3-1)9-4-5-12-11(7-9)14-8-15-12/h4-5,7,10,13H,1-3,6,8H2. The molecule has 0 radical (unpaired) electrons. The predicted molar refractivity (Wildman–Crippen MR) is 62.4 cm³/mol.